The Labute approximate surface area is 336 Å². The van der Waals surface area contributed by atoms with E-state index in [1.807, 2.05) is 24.3 Å². The van der Waals surface area contributed by atoms with Crippen molar-refractivity contribution in [3.63, 3.8) is 0 Å². The molecule has 8 nitrogen and oxygen atoms in total. The van der Waals surface area contributed by atoms with Gasteiger partial charge in [-0.2, -0.15) is 23.5 Å². The van der Waals surface area contributed by atoms with Crippen molar-refractivity contribution in [1.82, 2.24) is 0 Å². The fraction of sp³-hybridized carbons (Fsp3) is 0.222. The van der Waals surface area contributed by atoms with Gasteiger partial charge < -0.3 is 0 Å². The molecule has 0 aromatic heterocycles. The molecule has 2 aliphatic rings. The molecule has 0 bridgehead atoms. The summed E-state index contributed by atoms with van der Waals surface area (Å²) in [6.45, 7) is 8.64. The van der Waals surface area contributed by atoms with E-state index in [1.165, 1.54) is 48.7 Å². The first kappa shape index (κ1) is 46.3. The Kier molecular flexibility index (Phi) is 20.2. The molecule has 282 valence electrons. The summed E-state index contributed by atoms with van der Waals surface area (Å²) in [7, 11) is 0. The Balaban J connectivity index is 0.000000378. The van der Waals surface area contributed by atoms with Crippen LogP contribution in [-0.4, -0.2) is 33.2 Å². The van der Waals surface area contributed by atoms with E-state index in [2.05, 4.69) is 50.2 Å². The van der Waals surface area contributed by atoms with Crippen molar-refractivity contribution in [1.29, 1.82) is 0 Å². The summed E-state index contributed by atoms with van der Waals surface area (Å²) < 4.78 is 10.1. The molecule has 4 aromatic carbocycles. The molecule has 0 atom stereocenters. The summed E-state index contributed by atoms with van der Waals surface area (Å²) in [5.74, 6) is 5.67. The van der Waals surface area contributed by atoms with Crippen LogP contribution < -0.4 is 21.2 Å². The molecule has 4 aromatic rings. The van der Waals surface area contributed by atoms with Crippen LogP contribution in [0.3, 0.4) is 0 Å². The number of hydrogen-bond donors (Lipinski definition) is 0. The number of nitrogens with zero attached hydrogens (tertiary/aromatic N) is 2. The molecule has 2 saturated heterocycles. The summed E-state index contributed by atoms with van der Waals surface area (Å²) in [6, 6.07) is 35.7. The van der Waals surface area contributed by atoms with E-state index in [0.29, 0.717) is 21.2 Å². The topological polar surface area (TPSA) is 105 Å². The number of hydrogen-bond acceptors (Lipinski definition) is 8. The van der Waals surface area contributed by atoms with Crippen LogP contribution in [0, 0.1) is 46.9 Å². The van der Waals surface area contributed by atoms with Gasteiger partial charge in [-0.05, 0) is 48.7 Å². The Bertz CT molecular complexity index is 1350. The summed E-state index contributed by atoms with van der Waals surface area (Å²) in [6.07, 6.45) is 5.85. The first-order chi connectivity index (χ1) is 22.8. The second kappa shape index (κ2) is 21.8. The Morgan fingerprint density at radius 2 is 0.660 bits per heavy atom. The minimum absolute atomic E-state index is 0. The maximum absolute atomic E-state index is 10.9. The van der Waals surface area contributed by atoms with Gasteiger partial charge in [0.15, 0.2) is 0 Å². The van der Waals surface area contributed by atoms with Gasteiger partial charge in [0, 0.05) is 44.8 Å². The monoisotopic (exact) mass is 1120 g/mol. The Morgan fingerprint density at radius 1 is 0.460 bits per heavy atom. The van der Waals surface area contributed by atoms with Crippen molar-refractivity contribution in [2.24, 2.45) is 0 Å². The Morgan fingerprint density at radius 3 is 0.800 bits per heavy atom. The van der Waals surface area contributed by atoms with Crippen molar-refractivity contribution < 1.29 is 64.2 Å². The number of thioether (sulfide) groups is 2. The summed E-state index contributed by atoms with van der Waals surface area (Å²) >= 11 is 4.15. The van der Waals surface area contributed by atoms with Gasteiger partial charge in [0.2, 0.25) is 0 Å². The van der Waals surface area contributed by atoms with E-state index in [-0.39, 0.29) is 44.8 Å². The summed E-state index contributed by atoms with van der Waals surface area (Å²) in [4.78, 5) is 21.8. The van der Waals surface area contributed by atoms with Crippen molar-refractivity contribution in [2.75, 3.05) is 23.0 Å². The van der Waals surface area contributed by atoms with Crippen LogP contribution in [0.15, 0.2) is 121 Å². The van der Waals surface area contributed by atoms with Crippen molar-refractivity contribution in [3.05, 3.63) is 168 Å². The average Bonchev–Trinajstić information content (AvgIpc) is 3.87. The fourth-order valence-corrected chi connectivity index (χ4v) is 12.0. The average molecular weight is 1120 g/mol. The summed E-state index contributed by atoms with van der Waals surface area (Å²) in [5, 5.41) is 22.7. The molecule has 2 aliphatic heterocycles. The van der Waals surface area contributed by atoms with Crippen LogP contribution in [0.5, 0.6) is 0 Å². The third kappa shape index (κ3) is 13.4. The van der Waals surface area contributed by atoms with E-state index in [1.54, 1.807) is 97.1 Å². The van der Waals surface area contributed by atoms with Crippen LogP contribution in [0.4, 0.5) is 0 Å². The van der Waals surface area contributed by atoms with Crippen LogP contribution in [0.25, 0.3) is 0 Å². The first-order valence-corrected chi connectivity index (χ1v) is 22.8. The predicted molar refractivity (Wildman–Crippen MR) is 209 cm³/mol. The van der Waals surface area contributed by atoms with Crippen LogP contribution in [0.2, 0.25) is 0 Å². The van der Waals surface area contributed by atoms with E-state index in [0.717, 1.165) is 0 Å². The van der Waals surface area contributed by atoms with Gasteiger partial charge in [-0.3, -0.25) is 0 Å². The zero-order valence-electron chi connectivity index (χ0n) is 27.7. The normalized spacial score (nSPS) is 14.9. The molecule has 2 heterocycles. The fourth-order valence-electron chi connectivity index (χ4n) is 4.93. The van der Waals surface area contributed by atoms with Crippen LogP contribution >= 0.6 is 37.2 Å². The van der Waals surface area contributed by atoms with E-state index in [9.17, 15) is 20.2 Å². The molecule has 6 rings (SSSR count). The van der Waals surface area contributed by atoms with Crippen molar-refractivity contribution >= 4 is 58.4 Å². The molecular weight excluding hydrogens is 1080 g/mol. The molecule has 0 spiro atoms. The molecule has 0 amide bonds. The molecule has 14 heteroatoms. The van der Waals surface area contributed by atoms with Crippen LogP contribution in [0.1, 0.15) is 25.7 Å². The summed E-state index contributed by atoms with van der Waals surface area (Å²) in [5.41, 5.74) is 0. The van der Waals surface area contributed by atoms with Gasteiger partial charge in [0.05, 0.1) is 0 Å². The van der Waals surface area contributed by atoms with E-state index >= 15 is 0 Å². The third-order valence-electron chi connectivity index (χ3n) is 7.61. The van der Waals surface area contributed by atoms with Gasteiger partial charge in [-0.25, -0.2) is 0 Å². The SMILES string of the molecule is C1CCSC1.C1CCSC1.[Au].[Au].[CH2-]P([CH2-])(O[N+](=O)[O-])(c1ccccc1)c1ccccc1.[CH2-]P([CH2-])(O[N+](=O)[O-])(c1ccccc1)c1ccccc1. The maximum atomic E-state index is 10.9. The molecule has 2 fully saturated rings. The van der Waals surface area contributed by atoms with Crippen molar-refractivity contribution in [3.8, 4) is 0 Å². The number of benzene rings is 4. The van der Waals surface area contributed by atoms with Gasteiger partial charge in [0.1, 0.15) is 0 Å². The molecule has 50 heavy (non-hydrogen) atoms. The minimum atomic E-state index is -3.75. The molecular formula is C36H44Au2N2O6P2S2-4. The van der Waals surface area contributed by atoms with E-state index in [4.69, 9.17) is 9.25 Å². The zero-order chi connectivity index (χ0) is 35.0. The molecule has 0 unspecified atom stereocenters. The van der Waals surface area contributed by atoms with Gasteiger partial charge in [-0.1, -0.05) is 0 Å². The van der Waals surface area contributed by atoms with E-state index < -0.39 is 23.8 Å². The Hall–Kier alpha value is -1.68. The zero-order valence-corrected chi connectivity index (χ0v) is 35.4. The van der Waals surface area contributed by atoms with Gasteiger partial charge in [0.25, 0.3) is 0 Å². The molecule has 2 radical (unpaired) electrons. The first-order valence-electron chi connectivity index (χ1n) is 15.4. The van der Waals surface area contributed by atoms with Crippen LogP contribution in [-0.2, 0) is 54.0 Å². The molecule has 0 N–H and O–H groups in total. The second-order valence-corrected chi connectivity index (χ2v) is 21.9. The second-order valence-electron chi connectivity index (χ2n) is 11.4. The molecule has 0 saturated carbocycles. The predicted octanol–water partition coefficient (Wildman–Crippen LogP) is 8.82. The van der Waals surface area contributed by atoms with Gasteiger partial charge in [-0.15, -0.1) is 0 Å². The van der Waals surface area contributed by atoms with Crippen molar-refractivity contribution in [2.45, 2.75) is 25.7 Å². The standard InChI is InChI=1S/2C14H14NO3P.2C4H8S.2Au/c2*1-19(2,18-15(16)17,13-9-5-3-6-10-13)14-11-7-4-8-12-14;2*1-2-4-5-3-1;;/h2*3-12H,1-2H2;2*1-4H2;;/q2*-2;;;;. The quantitative estimate of drug-likeness (QED) is 0.0568. The third-order valence-corrected chi connectivity index (χ3v) is 17.0. The molecule has 0 aliphatic carbocycles. The van der Waals surface area contributed by atoms with Gasteiger partial charge >= 0.3 is 223 Å². The number of rotatable bonds is 8.